The maximum atomic E-state index is 14.3. The van der Waals surface area contributed by atoms with Crippen LogP contribution in [0, 0.1) is 11.8 Å². The number of allylic oxidation sites excluding steroid dienone is 1. The molecule has 0 bridgehead atoms. The molecule has 10 nitrogen and oxygen atoms in total. The Morgan fingerprint density at radius 3 is 2.46 bits per heavy atom. The van der Waals surface area contributed by atoms with Gasteiger partial charge in [0.15, 0.2) is 22.8 Å². The molecule has 7 rings (SSSR count). The third kappa shape index (κ3) is 4.49. The van der Waals surface area contributed by atoms with Gasteiger partial charge in [-0.25, -0.2) is 4.79 Å². The molecule has 3 aliphatic heterocycles. The lowest BCUT2D eigenvalue weighted by atomic mass is 9.71. The van der Waals surface area contributed by atoms with Gasteiger partial charge >= 0.3 is 6.09 Å². The fourth-order valence-electron chi connectivity index (χ4n) is 7.06. The molecule has 4 atom stereocenters. The molecular weight excluding hydrogens is 632 g/mol. The number of fused-ring (bicyclic) bond motifs is 7. The van der Waals surface area contributed by atoms with Crippen LogP contribution in [0.25, 0.3) is 0 Å². The van der Waals surface area contributed by atoms with Crippen LogP contribution in [-0.2, 0) is 28.2 Å². The number of thioether (sulfide) groups is 1. The first kappa shape index (κ1) is 31.4. The number of nitrogens with zero attached hydrogens (tertiary/aromatic N) is 1. The number of aliphatic hydroxyl groups excluding tert-OH is 2. The largest absolute Gasteiger partial charge is 0.509 e. The van der Waals surface area contributed by atoms with E-state index >= 15 is 0 Å². The van der Waals surface area contributed by atoms with Gasteiger partial charge in [-0.1, -0.05) is 43.2 Å². The van der Waals surface area contributed by atoms with Crippen molar-refractivity contribution in [3.8, 4) is 17.6 Å². The molecular formula is C37H30N2O8S. The topological polar surface area (TPSA) is 149 Å². The number of phenols is 1. The molecule has 242 valence electrons. The fraction of sp³-hybridized carbons (Fsp3) is 0.243. The van der Waals surface area contributed by atoms with Crippen molar-refractivity contribution in [1.29, 1.82) is 0 Å². The van der Waals surface area contributed by atoms with Crippen LogP contribution in [0.2, 0.25) is 0 Å². The summed E-state index contributed by atoms with van der Waals surface area (Å²) in [5, 5.41) is 36.2. The molecule has 4 N–H and O–H groups in total. The number of ketones is 2. The van der Waals surface area contributed by atoms with Gasteiger partial charge < -0.3 is 30.1 Å². The van der Waals surface area contributed by atoms with Crippen LogP contribution in [0.5, 0.6) is 5.75 Å². The van der Waals surface area contributed by atoms with Gasteiger partial charge in [0.25, 0.3) is 0 Å². The molecule has 3 aromatic rings. The maximum Gasteiger partial charge on any atom is 0.410 e. The highest BCUT2D eigenvalue weighted by Gasteiger charge is 2.81. The number of hydrogen-bond donors (Lipinski definition) is 4. The molecule has 3 heterocycles. The lowest BCUT2D eigenvalue weighted by Crippen LogP contribution is -2.52. The number of aliphatic hydroxyl groups is 2. The molecule has 0 spiro atoms. The maximum absolute atomic E-state index is 14.3. The van der Waals surface area contributed by atoms with E-state index in [1.807, 2.05) is 30.3 Å². The van der Waals surface area contributed by atoms with Crippen LogP contribution in [0.1, 0.15) is 55.5 Å². The second-order valence-electron chi connectivity index (χ2n) is 11.9. The first-order chi connectivity index (χ1) is 23.0. The Bertz CT molecular complexity index is 2060. The lowest BCUT2D eigenvalue weighted by molar-refractivity contribution is 0.0868. The van der Waals surface area contributed by atoms with Crippen molar-refractivity contribution >= 4 is 35.1 Å². The molecule has 48 heavy (non-hydrogen) atoms. The van der Waals surface area contributed by atoms with Crippen molar-refractivity contribution in [2.75, 3.05) is 17.7 Å². The van der Waals surface area contributed by atoms with Gasteiger partial charge in [-0.2, -0.15) is 0 Å². The van der Waals surface area contributed by atoms with Gasteiger partial charge in [0.1, 0.15) is 24.2 Å². The number of ether oxygens (including phenoxy) is 2. The summed E-state index contributed by atoms with van der Waals surface area (Å²) in [7, 11) is 0. The standard InChI is InChI=1S/C37H30N2O8S/c1-4-5-7-12-29-37(21(3)41)36(47-37,20(2)40)27-17-28(42)30-31(32(27)38-29)34(44)26-16-23-19-39(18-22(23)15-25(26)33(30)43)35(45)46-13-14-48-24-10-8-6-9-11-24/h5-6,8-11,15-17,21,29,38,40-42H,1-2,13-14,18-19H2,3H3/t21-,29+,36-,37+/m1/s1. The number of benzene rings is 3. The molecule has 0 unspecified atom stereocenters. The summed E-state index contributed by atoms with van der Waals surface area (Å²) < 4.78 is 11.6. The summed E-state index contributed by atoms with van der Waals surface area (Å²) >= 11 is 1.57. The number of epoxide rings is 1. The molecule has 1 amide bonds. The zero-order valence-electron chi connectivity index (χ0n) is 25.8. The molecule has 0 aromatic heterocycles. The number of carbonyl (C=O) groups excluding carboxylic acids is 3. The lowest BCUT2D eigenvalue weighted by Gasteiger charge is -2.36. The summed E-state index contributed by atoms with van der Waals surface area (Å²) in [5.74, 6) is 4.18. The second kappa shape index (κ2) is 11.5. The minimum absolute atomic E-state index is 0.0986. The van der Waals surface area contributed by atoms with E-state index in [9.17, 15) is 29.7 Å². The molecule has 4 aliphatic rings. The average Bonchev–Trinajstić information content (AvgIpc) is 3.66. The minimum atomic E-state index is -1.73. The summed E-state index contributed by atoms with van der Waals surface area (Å²) in [6, 6.07) is 13.2. The highest BCUT2D eigenvalue weighted by Crippen LogP contribution is 2.68. The van der Waals surface area contributed by atoms with E-state index in [0.29, 0.717) is 16.9 Å². The Morgan fingerprint density at radius 2 is 1.83 bits per heavy atom. The molecule has 1 aliphatic carbocycles. The Labute approximate surface area is 280 Å². The van der Waals surface area contributed by atoms with Gasteiger partial charge in [-0.3, -0.25) is 14.5 Å². The zero-order chi connectivity index (χ0) is 34.0. The molecule has 1 fully saturated rings. The summed E-state index contributed by atoms with van der Waals surface area (Å²) in [4.78, 5) is 43.8. The van der Waals surface area contributed by atoms with E-state index in [4.69, 9.17) is 9.47 Å². The second-order valence-corrected chi connectivity index (χ2v) is 13.1. The summed E-state index contributed by atoms with van der Waals surface area (Å²) in [5.41, 5.74) is 0.807. The normalized spacial score (nSPS) is 23.0. The fourth-order valence-corrected chi connectivity index (χ4v) is 7.81. The number of hydrogen-bond acceptors (Lipinski definition) is 10. The van der Waals surface area contributed by atoms with Crippen LogP contribution in [-0.4, -0.2) is 68.0 Å². The van der Waals surface area contributed by atoms with E-state index in [1.165, 1.54) is 24.0 Å². The molecule has 3 aromatic carbocycles. The van der Waals surface area contributed by atoms with Crippen LogP contribution in [0.15, 0.2) is 84.2 Å². The van der Waals surface area contributed by atoms with Crippen molar-refractivity contribution < 1.29 is 39.2 Å². The van der Waals surface area contributed by atoms with Gasteiger partial charge in [0.2, 0.25) is 0 Å². The first-order valence-corrected chi connectivity index (χ1v) is 16.2. The van der Waals surface area contributed by atoms with Gasteiger partial charge in [-0.05, 0) is 48.4 Å². The monoisotopic (exact) mass is 662 g/mol. The Morgan fingerprint density at radius 1 is 1.17 bits per heavy atom. The third-order valence-electron chi connectivity index (χ3n) is 9.25. The quantitative estimate of drug-likeness (QED) is 0.0424. The Hall–Kier alpha value is -5.24. The molecule has 1 saturated heterocycles. The number of anilines is 1. The third-order valence-corrected chi connectivity index (χ3v) is 10.2. The highest BCUT2D eigenvalue weighted by atomic mass is 32.2. The van der Waals surface area contributed by atoms with Crippen LogP contribution in [0.4, 0.5) is 10.5 Å². The van der Waals surface area contributed by atoms with E-state index in [2.05, 4.69) is 36.0 Å². The minimum Gasteiger partial charge on any atom is -0.509 e. The molecule has 11 heteroatoms. The number of carbonyl (C=O) groups is 3. The van der Waals surface area contributed by atoms with Crippen molar-refractivity contribution in [3.05, 3.63) is 118 Å². The van der Waals surface area contributed by atoms with Gasteiger partial charge in [0, 0.05) is 46.5 Å². The van der Waals surface area contributed by atoms with Gasteiger partial charge in [0.05, 0.1) is 22.9 Å². The van der Waals surface area contributed by atoms with Crippen LogP contribution in [0.3, 0.4) is 0 Å². The summed E-state index contributed by atoms with van der Waals surface area (Å²) in [6.07, 6.45) is -0.329. The van der Waals surface area contributed by atoms with Gasteiger partial charge in [-0.15, -0.1) is 17.5 Å². The zero-order valence-corrected chi connectivity index (χ0v) is 26.6. The van der Waals surface area contributed by atoms with E-state index in [-0.39, 0.29) is 53.2 Å². The molecule has 0 radical (unpaired) electrons. The number of amides is 1. The predicted octanol–water partition coefficient (Wildman–Crippen LogP) is 4.97. The SMILES string of the molecule is C=C=CC#C[C@@H]1Nc2c(cc(O)c3c2C(=O)c2cc4c(cc2C3=O)CN(C(=O)OCCSc2ccccc2)C4)[C@@]2(C(=C)O)O[C@@]12[C@@H](C)O. The number of nitrogens with one attached hydrogen (secondary N) is 1. The predicted molar refractivity (Wildman–Crippen MR) is 177 cm³/mol. The van der Waals surface area contributed by atoms with Crippen molar-refractivity contribution in [2.45, 2.75) is 48.3 Å². The smallest absolute Gasteiger partial charge is 0.410 e. The van der Waals surface area contributed by atoms with E-state index in [0.717, 1.165) is 4.90 Å². The summed E-state index contributed by atoms with van der Waals surface area (Å²) in [6.45, 7) is 9.26. The van der Waals surface area contributed by atoms with Crippen LogP contribution >= 0.6 is 11.8 Å². The first-order valence-electron chi connectivity index (χ1n) is 15.2. The van der Waals surface area contributed by atoms with Crippen LogP contribution < -0.4 is 5.32 Å². The number of rotatable bonds is 6. The van der Waals surface area contributed by atoms with Crippen molar-refractivity contribution in [2.24, 2.45) is 0 Å². The molecule has 0 saturated carbocycles. The van der Waals surface area contributed by atoms with E-state index in [1.54, 1.807) is 23.9 Å². The highest BCUT2D eigenvalue weighted by molar-refractivity contribution is 7.99. The van der Waals surface area contributed by atoms with Crippen molar-refractivity contribution in [1.82, 2.24) is 4.90 Å². The van der Waals surface area contributed by atoms with Crippen molar-refractivity contribution in [3.63, 3.8) is 0 Å². The number of aromatic hydroxyl groups is 1. The Kier molecular flexibility index (Phi) is 7.50. The van der Waals surface area contributed by atoms with E-state index < -0.39 is 52.5 Å². The average molecular weight is 663 g/mol. The Balaban J connectivity index is 1.21. The number of phenolic OH excluding ortho intramolecular Hbond substituents is 1.